The summed E-state index contributed by atoms with van der Waals surface area (Å²) in [6.45, 7) is 7.18. The third-order valence-electron chi connectivity index (χ3n) is 5.60. The van der Waals surface area contributed by atoms with E-state index < -0.39 is 32.5 Å². The van der Waals surface area contributed by atoms with Gasteiger partial charge in [-0.2, -0.15) is 5.10 Å². The Bertz CT molecular complexity index is 1340. The predicted molar refractivity (Wildman–Crippen MR) is 125 cm³/mol. The molecular weight excluding hydrogens is 466 g/mol. The maximum atomic E-state index is 14.0. The van der Waals surface area contributed by atoms with Gasteiger partial charge in [0.25, 0.3) is 10.0 Å². The van der Waals surface area contributed by atoms with Gasteiger partial charge in [-0.25, -0.2) is 22.0 Å². The van der Waals surface area contributed by atoms with Gasteiger partial charge in [0.05, 0.1) is 16.9 Å². The molecule has 0 bridgehead atoms. The number of carboxylic acid groups (broad SMARTS) is 1. The lowest BCUT2D eigenvalue weighted by Gasteiger charge is -2.22. The van der Waals surface area contributed by atoms with Gasteiger partial charge in [0.1, 0.15) is 16.5 Å². The van der Waals surface area contributed by atoms with E-state index in [4.69, 9.17) is 0 Å². The average molecular weight is 493 g/mol. The van der Waals surface area contributed by atoms with Gasteiger partial charge in [-0.1, -0.05) is 0 Å². The molecule has 0 atom stereocenters. The number of aromatic nitrogens is 2. The Morgan fingerprint density at radius 1 is 1.18 bits per heavy atom. The molecule has 0 aliphatic carbocycles. The fourth-order valence-corrected chi connectivity index (χ4v) is 4.94. The molecule has 0 aliphatic heterocycles. The number of anilines is 2. The maximum Gasteiger partial charge on any atom is 0.337 e. The molecular formula is C23H26F2N4O4S. The molecule has 0 saturated heterocycles. The minimum absolute atomic E-state index is 0.0888. The van der Waals surface area contributed by atoms with E-state index in [9.17, 15) is 27.1 Å². The number of aromatic carboxylic acids is 1. The summed E-state index contributed by atoms with van der Waals surface area (Å²) in [4.78, 5) is 12.8. The molecule has 2 N–H and O–H groups in total. The van der Waals surface area contributed by atoms with Gasteiger partial charge < -0.3 is 10.0 Å². The second-order valence-electron chi connectivity index (χ2n) is 7.85. The first kappa shape index (κ1) is 25.2. The monoisotopic (exact) mass is 492 g/mol. The topological polar surface area (TPSA) is 105 Å². The van der Waals surface area contributed by atoms with Crippen LogP contribution >= 0.6 is 0 Å². The van der Waals surface area contributed by atoms with Gasteiger partial charge >= 0.3 is 5.97 Å². The number of benzene rings is 2. The van der Waals surface area contributed by atoms with Crippen LogP contribution in [-0.4, -0.2) is 42.9 Å². The minimum atomic E-state index is -4.48. The summed E-state index contributed by atoms with van der Waals surface area (Å²) < 4.78 is 56.5. The zero-order valence-electron chi connectivity index (χ0n) is 19.3. The second kappa shape index (κ2) is 9.80. The summed E-state index contributed by atoms with van der Waals surface area (Å²) in [5.74, 6) is -3.30. The second-order valence-corrected chi connectivity index (χ2v) is 9.50. The van der Waals surface area contributed by atoms with E-state index in [1.807, 2.05) is 25.5 Å². The summed E-state index contributed by atoms with van der Waals surface area (Å²) in [5, 5.41) is 14.2. The molecule has 0 saturated carbocycles. The lowest BCUT2D eigenvalue weighted by molar-refractivity contribution is 0.0697. The summed E-state index contributed by atoms with van der Waals surface area (Å²) in [7, 11) is -2.74. The summed E-state index contributed by atoms with van der Waals surface area (Å²) in [6, 6.07) is 6.06. The summed E-state index contributed by atoms with van der Waals surface area (Å²) in [5.41, 5.74) is 3.22. The number of likely N-dealkylation sites (N-methyl/N-ethyl adjacent to an activating group) is 1. The molecule has 0 fully saturated rings. The highest BCUT2D eigenvalue weighted by Crippen LogP contribution is 2.27. The number of hydrogen-bond acceptors (Lipinski definition) is 5. The van der Waals surface area contributed by atoms with Gasteiger partial charge in [-0.3, -0.25) is 9.40 Å². The van der Waals surface area contributed by atoms with Crippen LogP contribution in [0.25, 0.3) is 0 Å². The van der Waals surface area contributed by atoms with Crippen LogP contribution in [0.2, 0.25) is 0 Å². The van der Waals surface area contributed by atoms with E-state index in [1.165, 1.54) is 12.1 Å². The highest BCUT2D eigenvalue weighted by atomic mass is 32.2. The first-order chi connectivity index (χ1) is 15.9. The SMILES string of the molecule is CCn1nc(C)c(CCN(C)c2ccc(NS(=O)(=O)c3cc(F)ccc3F)cc2C(=O)O)c1C. The van der Waals surface area contributed by atoms with Crippen LogP contribution in [0.1, 0.15) is 34.2 Å². The number of nitrogens with zero attached hydrogens (tertiary/aromatic N) is 3. The third-order valence-corrected chi connectivity index (χ3v) is 7.00. The van der Waals surface area contributed by atoms with Crippen molar-refractivity contribution in [1.29, 1.82) is 0 Å². The van der Waals surface area contributed by atoms with Crippen molar-refractivity contribution >= 4 is 27.4 Å². The fourth-order valence-electron chi connectivity index (χ4n) is 3.80. The third kappa shape index (κ3) is 5.19. The lowest BCUT2D eigenvalue weighted by Crippen LogP contribution is -2.23. The van der Waals surface area contributed by atoms with Crippen LogP contribution in [0.4, 0.5) is 20.2 Å². The molecule has 8 nitrogen and oxygen atoms in total. The highest BCUT2D eigenvalue weighted by Gasteiger charge is 2.22. The first-order valence-corrected chi connectivity index (χ1v) is 12.0. The van der Waals surface area contributed by atoms with Gasteiger partial charge in [-0.15, -0.1) is 0 Å². The van der Waals surface area contributed by atoms with E-state index in [0.29, 0.717) is 30.8 Å². The molecule has 0 aliphatic rings. The van der Waals surface area contributed by atoms with Gasteiger partial charge in [-0.05, 0) is 69.2 Å². The normalized spacial score (nSPS) is 11.5. The Labute approximate surface area is 196 Å². The van der Waals surface area contributed by atoms with Crippen molar-refractivity contribution < 1.29 is 27.1 Å². The van der Waals surface area contributed by atoms with Gasteiger partial charge in [0.15, 0.2) is 0 Å². The Kier molecular flexibility index (Phi) is 7.25. The van der Waals surface area contributed by atoms with Crippen LogP contribution in [0.15, 0.2) is 41.3 Å². The molecule has 2 aromatic carbocycles. The molecule has 1 heterocycles. The molecule has 0 radical (unpaired) electrons. The Morgan fingerprint density at radius 3 is 2.50 bits per heavy atom. The van der Waals surface area contributed by atoms with Crippen LogP contribution < -0.4 is 9.62 Å². The van der Waals surface area contributed by atoms with E-state index >= 15 is 0 Å². The smallest absolute Gasteiger partial charge is 0.337 e. The Balaban J connectivity index is 1.85. The molecule has 3 aromatic rings. The first-order valence-electron chi connectivity index (χ1n) is 10.5. The number of rotatable bonds is 9. The molecule has 182 valence electrons. The number of nitrogens with one attached hydrogen (secondary N) is 1. The van der Waals surface area contributed by atoms with Gasteiger partial charge in [0, 0.05) is 31.5 Å². The number of aryl methyl sites for hydroxylation is 2. The fraction of sp³-hybridized carbons (Fsp3) is 0.304. The largest absolute Gasteiger partial charge is 0.478 e. The molecule has 3 rings (SSSR count). The van der Waals surface area contributed by atoms with Crippen LogP contribution in [-0.2, 0) is 23.0 Å². The average Bonchev–Trinajstić information content (AvgIpc) is 3.05. The number of hydrogen-bond donors (Lipinski definition) is 2. The number of sulfonamides is 1. The summed E-state index contributed by atoms with van der Waals surface area (Å²) >= 11 is 0. The van der Waals surface area contributed by atoms with Crippen LogP contribution in [0.3, 0.4) is 0 Å². The molecule has 0 amide bonds. The Hall–Kier alpha value is -3.47. The van der Waals surface area contributed by atoms with Crippen molar-refractivity contribution in [2.75, 3.05) is 23.2 Å². The van der Waals surface area contributed by atoms with Crippen molar-refractivity contribution in [3.8, 4) is 0 Å². The number of carbonyl (C=O) groups is 1. The van der Waals surface area contributed by atoms with E-state index in [-0.39, 0.29) is 11.3 Å². The zero-order chi connectivity index (χ0) is 25.2. The van der Waals surface area contributed by atoms with Crippen molar-refractivity contribution in [1.82, 2.24) is 9.78 Å². The molecule has 34 heavy (non-hydrogen) atoms. The van der Waals surface area contributed by atoms with Crippen LogP contribution in [0, 0.1) is 25.5 Å². The quantitative estimate of drug-likeness (QED) is 0.468. The zero-order valence-corrected chi connectivity index (χ0v) is 20.1. The van der Waals surface area contributed by atoms with E-state index in [0.717, 1.165) is 35.6 Å². The van der Waals surface area contributed by atoms with Crippen molar-refractivity contribution in [2.24, 2.45) is 0 Å². The van der Waals surface area contributed by atoms with Crippen molar-refractivity contribution in [3.05, 3.63) is 70.5 Å². The minimum Gasteiger partial charge on any atom is -0.478 e. The van der Waals surface area contributed by atoms with Crippen LogP contribution in [0.5, 0.6) is 0 Å². The van der Waals surface area contributed by atoms with Gasteiger partial charge in [0.2, 0.25) is 0 Å². The molecule has 0 spiro atoms. The predicted octanol–water partition coefficient (Wildman–Crippen LogP) is 3.98. The maximum absolute atomic E-state index is 14.0. The van der Waals surface area contributed by atoms with Crippen molar-refractivity contribution in [3.63, 3.8) is 0 Å². The highest BCUT2D eigenvalue weighted by molar-refractivity contribution is 7.92. The lowest BCUT2D eigenvalue weighted by atomic mass is 10.1. The summed E-state index contributed by atoms with van der Waals surface area (Å²) in [6.07, 6.45) is 0.639. The molecule has 11 heteroatoms. The van der Waals surface area contributed by atoms with E-state index in [2.05, 4.69) is 9.82 Å². The number of carboxylic acids is 1. The molecule has 1 aromatic heterocycles. The Morgan fingerprint density at radius 2 is 1.88 bits per heavy atom. The number of halogens is 2. The molecule has 0 unspecified atom stereocenters. The van der Waals surface area contributed by atoms with E-state index in [1.54, 1.807) is 11.9 Å². The van der Waals surface area contributed by atoms with Crippen molar-refractivity contribution in [2.45, 2.75) is 38.6 Å². The standard InChI is InChI=1S/C23H26F2N4O4S/c1-5-29-15(3)18(14(2)26-29)10-11-28(4)21-9-7-17(13-19(21)23(30)31)27-34(32,33)22-12-16(24)6-8-20(22)25/h6-9,12-13,27H,5,10-11H2,1-4H3,(H,30,31).